The number of aromatic nitrogens is 3. The molecule has 0 aliphatic carbocycles. The zero-order valence-electron chi connectivity index (χ0n) is 25.7. The molecule has 0 atom stereocenters. The topological polar surface area (TPSA) is 48.7 Å². The van der Waals surface area contributed by atoms with Crippen LogP contribution >= 0.6 is 0 Å². The minimum absolute atomic E-state index is 0.377. The molecule has 0 aliphatic heterocycles. The molecule has 0 N–H and O–H groups in total. The van der Waals surface area contributed by atoms with E-state index in [1.165, 1.54) is 22.1 Å². The molecule has 5 nitrogen and oxygen atoms in total. The van der Waals surface area contributed by atoms with Gasteiger partial charge < -0.3 is 9.47 Å². The van der Waals surface area contributed by atoms with Crippen molar-refractivity contribution < 1.29 is 9.47 Å². The molecule has 3 heterocycles. The van der Waals surface area contributed by atoms with Crippen LogP contribution in [-0.2, 0) is 0 Å². The number of hydrogen-bond acceptors (Lipinski definition) is 4. The molecule has 0 fully saturated rings. The quantitative estimate of drug-likeness (QED) is 0.177. The van der Waals surface area contributed by atoms with Gasteiger partial charge in [0.25, 0.3) is 0 Å². The normalized spacial score (nSPS) is 11.7. The van der Waals surface area contributed by atoms with E-state index in [2.05, 4.69) is 91.7 Å². The van der Waals surface area contributed by atoms with Crippen LogP contribution in [0.4, 0.5) is 0 Å². The average Bonchev–Trinajstić information content (AvgIpc) is 3.46. The van der Waals surface area contributed by atoms with Crippen molar-refractivity contribution >= 4 is 27.3 Å². The molecule has 7 rings (SSSR count). The molecule has 0 aliphatic rings. The maximum atomic E-state index is 6.40. The molecule has 7 aromatic rings. The number of rotatable bonds is 7. The van der Waals surface area contributed by atoms with Gasteiger partial charge in [-0.1, -0.05) is 70.2 Å². The summed E-state index contributed by atoms with van der Waals surface area (Å²) in [4.78, 5) is 9.39. The molecule has 3 aromatic heterocycles. The molecule has 0 amide bonds. The van der Waals surface area contributed by atoms with Crippen molar-refractivity contribution in [1.29, 1.82) is 0 Å². The molecule has 0 bridgehead atoms. The molecule has 0 spiro atoms. The van der Waals surface area contributed by atoms with Gasteiger partial charge in [-0.2, -0.15) is 0 Å². The Morgan fingerprint density at radius 2 is 1.32 bits per heavy atom. The van der Waals surface area contributed by atoms with E-state index in [0.717, 1.165) is 38.9 Å². The number of fused-ring (bicyclic) bond motifs is 6. The Morgan fingerprint density at radius 3 is 2.07 bits per heavy atom. The maximum Gasteiger partial charge on any atom is 0.219 e. The zero-order valence-corrected chi connectivity index (χ0v) is 25.7. The minimum atomic E-state index is 0.377. The Kier molecular flexibility index (Phi) is 7.01. The van der Waals surface area contributed by atoms with Gasteiger partial charge in [-0.05, 0) is 83.3 Å². The summed E-state index contributed by atoms with van der Waals surface area (Å²) >= 11 is 0. The first-order valence-electron chi connectivity index (χ1n) is 15.2. The van der Waals surface area contributed by atoms with Crippen LogP contribution < -0.4 is 9.47 Å². The molecule has 0 saturated carbocycles. The van der Waals surface area contributed by atoms with E-state index in [9.17, 15) is 0 Å². The summed E-state index contributed by atoms with van der Waals surface area (Å²) in [5.74, 6) is 3.39. The van der Waals surface area contributed by atoms with Crippen molar-refractivity contribution in [3.8, 4) is 34.4 Å². The standard InChI is InChI=1S/C39H35N3O2/c1-24(2)30-13-9-14-31(25(3)4)38(30)36-23-41-39-34-22-29(16-17-32(34)33-12-6-7-15-35(33)42(36)39)43-27-10-8-11-28(21-27)44-37-20-26(5)18-19-40-37/h6-25H,1-5H3. The van der Waals surface area contributed by atoms with Crippen molar-refractivity contribution in [3.05, 3.63) is 126 Å². The van der Waals surface area contributed by atoms with Crippen molar-refractivity contribution in [1.82, 2.24) is 14.4 Å². The highest BCUT2D eigenvalue weighted by Crippen LogP contribution is 2.40. The second kappa shape index (κ2) is 11.2. The van der Waals surface area contributed by atoms with Crippen molar-refractivity contribution in [3.63, 3.8) is 0 Å². The van der Waals surface area contributed by atoms with Gasteiger partial charge in [-0.15, -0.1) is 0 Å². The van der Waals surface area contributed by atoms with Gasteiger partial charge in [0.05, 0.1) is 17.4 Å². The molecule has 5 heteroatoms. The molecule has 4 aromatic carbocycles. The van der Waals surface area contributed by atoms with E-state index in [-0.39, 0.29) is 0 Å². The van der Waals surface area contributed by atoms with Crippen LogP contribution in [0, 0.1) is 6.92 Å². The average molecular weight is 578 g/mol. The van der Waals surface area contributed by atoms with Crippen LogP contribution in [0.25, 0.3) is 38.6 Å². The van der Waals surface area contributed by atoms with E-state index in [0.29, 0.717) is 29.2 Å². The summed E-state index contributed by atoms with van der Waals surface area (Å²) in [5.41, 5.74) is 8.21. The van der Waals surface area contributed by atoms with Crippen LogP contribution in [0.3, 0.4) is 0 Å². The fourth-order valence-electron chi connectivity index (χ4n) is 6.13. The summed E-state index contributed by atoms with van der Waals surface area (Å²) in [6.45, 7) is 11.1. The second-order valence-corrected chi connectivity index (χ2v) is 12.0. The number of para-hydroxylation sites is 1. The maximum absolute atomic E-state index is 6.40. The predicted octanol–water partition coefficient (Wildman–Crippen LogP) is 10.8. The summed E-state index contributed by atoms with van der Waals surface area (Å²) in [5, 5.41) is 3.35. The van der Waals surface area contributed by atoms with Gasteiger partial charge in [-0.25, -0.2) is 9.97 Å². The van der Waals surface area contributed by atoms with E-state index in [4.69, 9.17) is 14.5 Å². The van der Waals surface area contributed by atoms with Crippen molar-refractivity contribution in [2.45, 2.75) is 46.5 Å². The smallest absolute Gasteiger partial charge is 0.219 e. The van der Waals surface area contributed by atoms with E-state index >= 15 is 0 Å². The van der Waals surface area contributed by atoms with Crippen LogP contribution in [0.2, 0.25) is 0 Å². The fraction of sp³-hybridized carbons (Fsp3) is 0.179. The highest BCUT2D eigenvalue weighted by atomic mass is 16.5. The fourth-order valence-corrected chi connectivity index (χ4v) is 6.13. The highest BCUT2D eigenvalue weighted by Gasteiger charge is 2.21. The van der Waals surface area contributed by atoms with E-state index < -0.39 is 0 Å². The number of imidazole rings is 1. The van der Waals surface area contributed by atoms with Gasteiger partial charge in [0, 0.05) is 34.7 Å². The first-order valence-corrected chi connectivity index (χ1v) is 15.2. The van der Waals surface area contributed by atoms with Crippen LogP contribution in [-0.4, -0.2) is 14.4 Å². The predicted molar refractivity (Wildman–Crippen MR) is 179 cm³/mol. The van der Waals surface area contributed by atoms with E-state index in [1.54, 1.807) is 6.20 Å². The second-order valence-electron chi connectivity index (χ2n) is 12.0. The third-order valence-electron chi connectivity index (χ3n) is 8.21. The van der Waals surface area contributed by atoms with Crippen molar-refractivity contribution in [2.75, 3.05) is 0 Å². The van der Waals surface area contributed by atoms with Crippen LogP contribution in [0.5, 0.6) is 23.1 Å². The van der Waals surface area contributed by atoms with Crippen molar-refractivity contribution in [2.24, 2.45) is 0 Å². The number of aryl methyl sites for hydroxylation is 1. The highest BCUT2D eigenvalue weighted by molar-refractivity contribution is 6.12. The first kappa shape index (κ1) is 27.7. The SMILES string of the molecule is Cc1ccnc(Oc2cccc(Oc3ccc4c5ccccc5n5c(-c6c(C(C)C)cccc6C(C)C)cnc5c4c3)c2)c1. The largest absolute Gasteiger partial charge is 0.457 e. The molecular formula is C39H35N3O2. The molecule has 0 saturated heterocycles. The lowest BCUT2D eigenvalue weighted by Crippen LogP contribution is -2.02. The van der Waals surface area contributed by atoms with Gasteiger partial charge >= 0.3 is 0 Å². The molecule has 218 valence electrons. The number of ether oxygens (including phenoxy) is 2. The van der Waals surface area contributed by atoms with Gasteiger partial charge in [0.2, 0.25) is 5.88 Å². The number of hydrogen-bond donors (Lipinski definition) is 0. The minimum Gasteiger partial charge on any atom is -0.457 e. The Hall–Kier alpha value is -5.16. The molecule has 0 radical (unpaired) electrons. The van der Waals surface area contributed by atoms with Gasteiger partial charge in [0.15, 0.2) is 0 Å². The van der Waals surface area contributed by atoms with Gasteiger partial charge in [-0.3, -0.25) is 4.40 Å². The third-order valence-corrected chi connectivity index (χ3v) is 8.21. The molecule has 0 unspecified atom stereocenters. The Balaban J connectivity index is 1.37. The first-order chi connectivity index (χ1) is 21.4. The lowest BCUT2D eigenvalue weighted by atomic mass is 9.87. The van der Waals surface area contributed by atoms with Crippen LogP contribution in [0.15, 0.2) is 109 Å². The Morgan fingerprint density at radius 1 is 0.614 bits per heavy atom. The van der Waals surface area contributed by atoms with Crippen LogP contribution in [0.1, 0.15) is 56.2 Å². The monoisotopic (exact) mass is 577 g/mol. The number of nitrogens with zero attached hydrogens (tertiary/aromatic N) is 3. The summed E-state index contributed by atoms with van der Waals surface area (Å²) < 4.78 is 14.7. The summed E-state index contributed by atoms with van der Waals surface area (Å²) in [6.07, 6.45) is 3.79. The summed E-state index contributed by atoms with van der Waals surface area (Å²) in [6, 6.07) is 33.1. The third kappa shape index (κ3) is 4.94. The number of pyridine rings is 2. The Bertz CT molecular complexity index is 2130. The van der Waals surface area contributed by atoms with Gasteiger partial charge in [0.1, 0.15) is 22.9 Å². The zero-order chi connectivity index (χ0) is 30.4. The molecule has 44 heavy (non-hydrogen) atoms. The number of benzene rings is 4. The Labute approximate surface area is 257 Å². The molecular weight excluding hydrogens is 542 g/mol. The lowest BCUT2D eigenvalue weighted by molar-refractivity contribution is 0.449. The summed E-state index contributed by atoms with van der Waals surface area (Å²) in [7, 11) is 0. The van der Waals surface area contributed by atoms with E-state index in [1.807, 2.05) is 55.6 Å². The lowest BCUT2D eigenvalue weighted by Gasteiger charge is -2.20.